The van der Waals surface area contributed by atoms with Crippen LogP contribution in [0.1, 0.15) is 41.6 Å². The van der Waals surface area contributed by atoms with Crippen molar-refractivity contribution < 1.29 is 14.3 Å². The Morgan fingerprint density at radius 1 is 1.12 bits per heavy atom. The quantitative estimate of drug-likeness (QED) is 0.839. The number of hydrogen-bond donors (Lipinski definition) is 1. The lowest BCUT2D eigenvalue weighted by Gasteiger charge is -2.18. The highest BCUT2D eigenvalue weighted by molar-refractivity contribution is 6.05. The summed E-state index contributed by atoms with van der Waals surface area (Å²) in [5, 5.41) is 2.78. The molecule has 0 aliphatic rings. The molecule has 0 atom stereocenters. The van der Waals surface area contributed by atoms with Gasteiger partial charge in [-0.25, -0.2) is 0 Å². The standard InChI is InChI=1S/C19H23N3O3/c1-4-22(5-2)19(24)14-11-12-20-16(13-14)18(23)21-15-9-7-8-10-17(15)25-6-3/h7-13H,4-6H2,1-3H3,(H,21,23). The number of rotatable bonds is 7. The smallest absolute Gasteiger partial charge is 0.274 e. The molecule has 0 fully saturated rings. The first-order chi connectivity index (χ1) is 12.1. The van der Waals surface area contributed by atoms with Gasteiger partial charge >= 0.3 is 0 Å². The number of aromatic nitrogens is 1. The Hall–Kier alpha value is -2.89. The van der Waals surface area contributed by atoms with Crippen LogP contribution in [0.2, 0.25) is 0 Å². The highest BCUT2D eigenvalue weighted by atomic mass is 16.5. The maximum atomic E-state index is 12.5. The summed E-state index contributed by atoms with van der Waals surface area (Å²) in [6.07, 6.45) is 1.47. The average Bonchev–Trinajstić information content (AvgIpc) is 2.64. The molecule has 1 N–H and O–H groups in total. The van der Waals surface area contributed by atoms with Gasteiger partial charge in [-0.05, 0) is 45.0 Å². The molecule has 2 amide bonds. The van der Waals surface area contributed by atoms with Gasteiger partial charge in [-0.1, -0.05) is 12.1 Å². The third kappa shape index (κ3) is 4.56. The minimum absolute atomic E-state index is 0.115. The molecule has 0 radical (unpaired) electrons. The molecule has 132 valence electrons. The van der Waals surface area contributed by atoms with Gasteiger partial charge in [0.25, 0.3) is 11.8 Å². The summed E-state index contributed by atoms with van der Waals surface area (Å²) in [7, 11) is 0. The Kier molecular flexibility index (Phi) is 6.51. The van der Waals surface area contributed by atoms with Gasteiger partial charge in [0.15, 0.2) is 0 Å². The molecule has 2 rings (SSSR count). The van der Waals surface area contributed by atoms with Crippen LogP contribution < -0.4 is 10.1 Å². The van der Waals surface area contributed by atoms with Crippen molar-refractivity contribution in [3.8, 4) is 5.75 Å². The zero-order valence-electron chi connectivity index (χ0n) is 14.8. The van der Waals surface area contributed by atoms with Crippen LogP contribution in [0.25, 0.3) is 0 Å². The number of carbonyl (C=O) groups excluding carboxylic acids is 2. The molecule has 1 aromatic heterocycles. The lowest BCUT2D eigenvalue weighted by molar-refractivity contribution is 0.0773. The predicted octanol–water partition coefficient (Wildman–Crippen LogP) is 3.21. The van der Waals surface area contributed by atoms with E-state index in [1.54, 1.807) is 23.1 Å². The molecule has 0 saturated heterocycles. The van der Waals surface area contributed by atoms with E-state index in [4.69, 9.17) is 4.74 Å². The molecule has 2 aromatic rings. The molecule has 0 aliphatic heterocycles. The van der Waals surface area contributed by atoms with Gasteiger partial charge in [-0.15, -0.1) is 0 Å². The molecule has 6 heteroatoms. The number of amides is 2. The maximum absolute atomic E-state index is 12.5. The molecule has 0 bridgehead atoms. The third-order valence-electron chi connectivity index (χ3n) is 3.73. The van der Waals surface area contributed by atoms with Gasteiger partial charge in [0.2, 0.25) is 0 Å². The van der Waals surface area contributed by atoms with Crippen LogP contribution in [0.3, 0.4) is 0 Å². The molecule has 0 aliphatic carbocycles. The summed E-state index contributed by atoms with van der Waals surface area (Å²) in [6.45, 7) is 7.44. The fourth-order valence-electron chi connectivity index (χ4n) is 2.42. The van der Waals surface area contributed by atoms with Crippen LogP contribution in [0.5, 0.6) is 5.75 Å². The summed E-state index contributed by atoms with van der Waals surface area (Å²) in [6, 6.07) is 10.3. The lowest BCUT2D eigenvalue weighted by Crippen LogP contribution is -2.30. The third-order valence-corrected chi connectivity index (χ3v) is 3.73. The highest BCUT2D eigenvalue weighted by Crippen LogP contribution is 2.24. The molecule has 6 nitrogen and oxygen atoms in total. The molecule has 25 heavy (non-hydrogen) atoms. The van der Waals surface area contributed by atoms with Crippen LogP contribution in [0.4, 0.5) is 5.69 Å². The van der Waals surface area contributed by atoms with Crippen LogP contribution in [-0.4, -0.2) is 41.4 Å². The SMILES string of the molecule is CCOc1ccccc1NC(=O)c1cc(C(=O)N(CC)CC)ccn1. The van der Waals surface area contributed by atoms with Gasteiger partial charge in [0.1, 0.15) is 11.4 Å². The van der Waals surface area contributed by atoms with Crippen molar-refractivity contribution in [3.05, 3.63) is 53.9 Å². The molecule has 0 spiro atoms. The summed E-state index contributed by atoms with van der Waals surface area (Å²) in [5.41, 5.74) is 1.20. The van der Waals surface area contributed by atoms with Crippen molar-refractivity contribution >= 4 is 17.5 Å². The van der Waals surface area contributed by atoms with Gasteiger partial charge in [-0.2, -0.15) is 0 Å². The Morgan fingerprint density at radius 3 is 2.52 bits per heavy atom. The van der Waals surface area contributed by atoms with Crippen molar-refractivity contribution in [2.24, 2.45) is 0 Å². The first kappa shape index (κ1) is 18.4. The molecule has 1 aromatic carbocycles. The van der Waals surface area contributed by atoms with E-state index >= 15 is 0 Å². The fourth-order valence-corrected chi connectivity index (χ4v) is 2.42. The Bertz CT molecular complexity index is 742. The van der Waals surface area contributed by atoms with Crippen molar-refractivity contribution in [1.82, 2.24) is 9.88 Å². The number of carbonyl (C=O) groups is 2. The van der Waals surface area contributed by atoms with Gasteiger partial charge < -0.3 is 15.0 Å². The zero-order valence-corrected chi connectivity index (χ0v) is 14.8. The Balaban J connectivity index is 2.21. The number of benzene rings is 1. The Morgan fingerprint density at radius 2 is 1.84 bits per heavy atom. The summed E-state index contributed by atoms with van der Waals surface area (Å²) < 4.78 is 5.50. The number of nitrogens with one attached hydrogen (secondary N) is 1. The number of para-hydroxylation sites is 2. The summed E-state index contributed by atoms with van der Waals surface area (Å²) >= 11 is 0. The van der Waals surface area contributed by atoms with E-state index in [1.807, 2.05) is 32.9 Å². The van der Waals surface area contributed by atoms with Crippen LogP contribution in [-0.2, 0) is 0 Å². The topological polar surface area (TPSA) is 71.5 Å². The van der Waals surface area contributed by atoms with Crippen molar-refractivity contribution in [2.75, 3.05) is 25.0 Å². The van der Waals surface area contributed by atoms with E-state index in [0.717, 1.165) is 0 Å². The molecule has 0 saturated carbocycles. The van der Waals surface area contributed by atoms with E-state index in [0.29, 0.717) is 36.7 Å². The number of ether oxygens (including phenoxy) is 1. The normalized spacial score (nSPS) is 10.2. The van der Waals surface area contributed by atoms with Crippen LogP contribution in [0, 0.1) is 0 Å². The second-order valence-electron chi connectivity index (χ2n) is 5.29. The number of anilines is 1. The van der Waals surface area contributed by atoms with Crippen LogP contribution in [0.15, 0.2) is 42.6 Å². The maximum Gasteiger partial charge on any atom is 0.274 e. The predicted molar refractivity (Wildman–Crippen MR) is 97.1 cm³/mol. The summed E-state index contributed by atoms with van der Waals surface area (Å²) in [4.78, 5) is 30.7. The van der Waals surface area contributed by atoms with Gasteiger partial charge in [0, 0.05) is 24.8 Å². The first-order valence-electron chi connectivity index (χ1n) is 8.39. The lowest BCUT2D eigenvalue weighted by atomic mass is 10.2. The van der Waals surface area contributed by atoms with E-state index in [9.17, 15) is 9.59 Å². The Labute approximate surface area is 147 Å². The molecule has 0 unspecified atom stereocenters. The van der Waals surface area contributed by atoms with Crippen molar-refractivity contribution in [3.63, 3.8) is 0 Å². The zero-order chi connectivity index (χ0) is 18.2. The average molecular weight is 341 g/mol. The van der Waals surface area contributed by atoms with E-state index in [1.165, 1.54) is 12.3 Å². The first-order valence-corrected chi connectivity index (χ1v) is 8.39. The van der Waals surface area contributed by atoms with E-state index in [-0.39, 0.29) is 17.5 Å². The second kappa shape index (κ2) is 8.82. The molecule has 1 heterocycles. The van der Waals surface area contributed by atoms with Crippen molar-refractivity contribution in [1.29, 1.82) is 0 Å². The minimum Gasteiger partial charge on any atom is -0.492 e. The van der Waals surface area contributed by atoms with Gasteiger partial charge in [-0.3, -0.25) is 14.6 Å². The second-order valence-corrected chi connectivity index (χ2v) is 5.29. The number of pyridine rings is 1. The van der Waals surface area contributed by atoms with E-state index in [2.05, 4.69) is 10.3 Å². The molecular weight excluding hydrogens is 318 g/mol. The fraction of sp³-hybridized carbons (Fsp3) is 0.316. The minimum atomic E-state index is -0.388. The van der Waals surface area contributed by atoms with E-state index < -0.39 is 0 Å². The van der Waals surface area contributed by atoms with Crippen LogP contribution >= 0.6 is 0 Å². The number of nitrogens with zero attached hydrogens (tertiary/aromatic N) is 2. The molecular formula is C19H23N3O3. The number of hydrogen-bond acceptors (Lipinski definition) is 4. The largest absolute Gasteiger partial charge is 0.492 e. The summed E-state index contributed by atoms with van der Waals surface area (Å²) in [5.74, 6) is 0.0891. The monoisotopic (exact) mass is 341 g/mol. The van der Waals surface area contributed by atoms with Gasteiger partial charge in [0.05, 0.1) is 12.3 Å². The highest BCUT2D eigenvalue weighted by Gasteiger charge is 2.16. The van der Waals surface area contributed by atoms with Crippen molar-refractivity contribution in [2.45, 2.75) is 20.8 Å².